The van der Waals surface area contributed by atoms with E-state index in [1.807, 2.05) is 6.92 Å². The van der Waals surface area contributed by atoms with E-state index in [1.54, 1.807) is 61.5 Å². The number of ether oxygens (including phenoxy) is 1. The Morgan fingerprint density at radius 2 is 1.64 bits per heavy atom. The fraction of sp³-hybridized carbons (Fsp3) is 0.375. The predicted octanol–water partition coefficient (Wildman–Crippen LogP) is 7.22. The largest absolute Gasteiger partial charge is 0.494 e. The van der Waals surface area contributed by atoms with Crippen LogP contribution in [0.5, 0.6) is 5.75 Å². The molecule has 0 aliphatic heterocycles. The molecule has 2 amide bonds. The van der Waals surface area contributed by atoms with Crippen molar-refractivity contribution in [2.45, 2.75) is 69.5 Å². The van der Waals surface area contributed by atoms with E-state index < -0.39 is 28.5 Å². The number of nitrogens with zero attached hydrogens (tertiary/aromatic N) is 2. The summed E-state index contributed by atoms with van der Waals surface area (Å²) < 4.78 is 35.3. The molecule has 0 bridgehead atoms. The molecule has 0 radical (unpaired) electrons. The van der Waals surface area contributed by atoms with Crippen LogP contribution in [0.15, 0.2) is 76.1 Å². The van der Waals surface area contributed by atoms with Crippen molar-refractivity contribution < 1.29 is 22.7 Å². The summed E-state index contributed by atoms with van der Waals surface area (Å²) in [4.78, 5) is 29.0. The van der Waals surface area contributed by atoms with Crippen LogP contribution in [0, 0.1) is 0 Å². The third-order valence-electron chi connectivity index (χ3n) is 7.57. The molecule has 0 saturated heterocycles. The first kappa shape index (κ1) is 34.1. The van der Waals surface area contributed by atoms with Crippen LogP contribution in [0.4, 0.5) is 5.69 Å². The Balaban J connectivity index is 1.69. The molecule has 3 aromatic rings. The fourth-order valence-electron chi connectivity index (χ4n) is 5.12. The van der Waals surface area contributed by atoms with Crippen LogP contribution in [0.25, 0.3) is 0 Å². The standard InChI is InChI=1S/C32H36BrCl2N3O5S/c1-3-43-27-14-12-26(13-15-27)38(44(41,42)28-16-10-24(33)11-17-28)21-31(39)37(20-23-9-18-29(34)30(35)19-23)22(2)32(40)36-25-7-5-4-6-8-25/h9-19,22,25H,3-8,20-21H2,1-2H3,(H,36,40)/t22-/m0/s1. The van der Waals surface area contributed by atoms with Gasteiger partial charge in [0.2, 0.25) is 11.8 Å². The number of anilines is 1. The summed E-state index contributed by atoms with van der Waals surface area (Å²) in [5, 5.41) is 3.76. The number of carbonyl (C=O) groups excluding carboxylic acids is 2. The normalized spacial score (nSPS) is 14.5. The van der Waals surface area contributed by atoms with E-state index >= 15 is 0 Å². The Kier molecular flexibility index (Phi) is 12.0. The van der Waals surface area contributed by atoms with Gasteiger partial charge in [-0.3, -0.25) is 13.9 Å². The molecule has 1 aliphatic carbocycles. The number of carbonyl (C=O) groups is 2. The van der Waals surface area contributed by atoms with Crippen molar-refractivity contribution in [2.75, 3.05) is 17.5 Å². The molecule has 1 atom stereocenters. The summed E-state index contributed by atoms with van der Waals surface area (Å²) in [6.45, 7) is 3.42. The second kappa shape index (κ2) is 15.5. The third kappa shape index (κ3) is 8.68. The van der Waals surface area contributed by atoms with Crippen molar-refractivity contribution >= 4 is 66.7 Å². The van der Waals surface area contributed by atoms with Crippen molar-refractivity contribution in [3.05, 3.63) is 86.8 Å². The van der Waals surface area contributed by atoms with E-state index in [2.05, 4.69) is 21.2 Å². The lowest BCUT2D eigenvalue weighted by atomic mass is 9.95. The zero-order chi connectivity index (χ0) is 31.9. The molecule has 1 saturated carbocycles. The van der Waals surface area contributed by atoms with Gasteiger partial charge in [0.05, 0.1) is 27.2 Å². The van der Waals surface area contributed by atoms with Gasteiger partial charge in [0.1, 0.15) is 18.3 Å². The molecule has 1 N–H and O–H groups in total. The van der Waals surface area contributed by atoms with Gasteiger partial charge in [0, 0.05) is 17.1 Å². The van der Waals surface area contributed by atoms with E-state index in [4.69, 9.17) is 27.9 Å². The average molecular weight is 726 g/mol. The second-order valence-corrected chi connectivity index (χ2v) is 14.3. The van der Waals surface area contributed by atoms with Crippen LogP contribution >= 0.6 is 39.1 Å². The number of nitrogens with one attached hydrogen (secondary N) is 1. The maximum Gasteiger partial charge on any atom is 0.264 e. The van der Waals surface area contributed by atoms with Gasteiger partial charge >= 0.3 is 0 Å². The molecule has 0 aromatic heterocycles. The maximum absolute atomic E-state index is 14.2. The van der Waals surface area contributed by atoms with Crippen molar-refractivity contribution in [1.82, 2.24) is 10.2 Å². The van der Waals surface area contributed by atoms with Crippen LogP contribution in [0.3, 0.4) is 0 Å². The van der Waals surface area contributed by atoms with Gasteiger partial charge in [0.15, 0.2) is 0 Å². The van der Waals surface area contributed by atoms with Gasteiger partial charge in [-0.1, -0.05) is 64.5 Å². The molecule has 1 aliphatic rings. The topological polar surface area (TPSA) is 96.0 Å². The number of benzene rings is 3. The molecule has 0 unspecified atom stereocenters. The number of rotatable bonds is 12. The highest BCUT2D eigenvalue weighted by atomic mass is 79.9. The predicted molar refractivity (Wildman–Crippen MR) is 178 cm³/mol. The van der Waals surface area contributed by atoms with Crippen LogP contribution in [0.1, 0.15) is 51.5 Å². The molecule has 44 heavy (non-hydrogen) atoms. The van der Waals surface area contributed by atoms with E-state index in [-0.39, 0.29) is 29.1 Å². The summed E-state index contributed by atoms with van der Waals surface area (Å²) in [5.74, 6) is -0.288. The first-order valence-electron chi connectivity index (χ1n) is 14.5. The zero-order valence-corrected chi connectivity index (χ0v) is 28.6. The SMILES string of the molecule is CCOc1ccc(N(CC(=O)N(Cc2ccc(Cl)c(Cl)c2)[C@@H](C)C(=O)NC2CCCCC2)S(=O)(=O)c2ccc(Br)cc2)cc1. The lowest BCUT2D eigenvalue weighted by Gasteiger charge is -2.33. The highest BCUT2D eigenvalue weighted by Gasteiger charge is 2.33. The summed E-state index contributed by atoms with van der Waals surface area (Å²) in [7, 11) is -4.19. The summed E-state index contributed by atoms with van der Waals surface area (Å²) >= 11 is 15.7. The summed E-state index contributed by atoms with van der Waals surface area (Å²) in [6.07, 6.45) is 4.98. The van der Waals surface area contributed by atoms with Gasteiger partial charge in [0.25, 0.3) is 10.0 Å². The quantitative estimate of drug-likeness (QED) is 0.213. The Morgan fingerprint density at radius 1 is 0.977 bits per heavy atom. The number of halogens is 3. The van der Waals surface area contributed by atoms with E-state index in [0.717, 1.165) is 36.4 Å². The summed E-state index contributed by atoms with van der Waals surface area (Å²) in [5.41, 5.74) is 0.923. The number of amides is 2. The number of hydrogen-bond donors (Lipinski definition) is 1. The molecule has 1 fully saturated rings. The van der Waals surface area contributed by atoms with Crippen molar-refractivity contribution in [2.24, 2.45) is 0 Å². The van der Waals surface area contributed by atoms with Gasteiger partial charge in [-0.25, -0.2) is 8.42 Å². The van der Waals surface area contributed by atoms with Gasteiger partial charge < -0.3 is 15.0 Å². The Labute approximate surface area is 277 Å². The molecular formula is C32H36BrCl2N3O5S. The minimum absolute atomic E-state index is 0.0153. The van der Waals surface area contributed by atoms with Crippen molar-refractivity contribution in [1.29, 1.82) is 0 Å². The first-order valence-corrected chi connectivity index (χ1v) is 17.5. The van der Waals surface area contributed by atoms with Gasteiger partial charge in [-0.2, -0.15) is 0 Å². The lowest BCUT2D eigenvalue weighted by Crippen LogP contribution is -2.53. The van der Waals surface area contributed by atoms with Crippen LogP contribution in [0.2, 0.25) is 10.0 Å². The highest BCUT2D eigenvalue weighted by molar-refractivity contribution is 9.10. The zero-order valence-electron chi connectivity index (χ0n) is 24.6. The first-order chi connectivity index (χ1) is 21.0. The molecule has 236 valence electrons. The molecule has 3 aromatic carbocycles. The van der Waals surface area contributed by atoms with Gasteiger partial charge in [-0.15, -0.1) is 0 Å². The smallest absolute Gasteiger partial charge is 0.264 e. The fourth-order valence-corrected chi connectivity index (χ4v) is 7.12. The summed E-state index contributed by atoms with van der Waals surface area (Å²) in [6, 6.07) is 16.8. The Bertz CT molecular complexity index is 1550. The molecule has 8 nitrogen and oxygen atoms in total. The molecule has 4 rings (SSSR count). The van der Waals surface area contributed by atoms with Gasteiger partial charge in [-0.05, 0) is 92.9 Å². The lowest BCUT2D eigenvalue weighted by molar-refractivity contribution is -0.139. The molecule has 0 heterocycles. The Morgan fingerprint density at radius 3 is 2.25 bits per heavy atom. The highest BCUT2D eigenvalue weighted by Crippen LogP contribution is 2.28. The number of hydrogen-bond acceptors (Lipinski definition) is 5. The number of sulfonamides is 1. The third-order valence-corrected chi connectivity index (χ3v) is 10.6. The van der Waals surface area contributed by atoms with Crippen LogP contribution in [-0.4, -0.2) is 50.4 Å². The van der Waals surface area contributed by atoms with E-state index in [0.29, 0.717) is 32.4 Å². The Hall–Kier alpha value is -2.79. The molecule has 12 heteroatoms. The van der Waals surface area contributed by atoms with Crippen molar-refractivity contribution in [3.63, 3.8) is 0 Å². The minimum Gasteiger partial charge on any atom is -0.494 e. The molecule has 0 spiro atoms. The minimum atomic E-state index is -4.19. The monoisotopic (exact) mass is 723 g/mol. The average Bonchev–Trinajstić information content (AvgIpc) is 3.01. The van der Waals surface area contributed by atoms with E-state index in [9.17, 15) is 18.0 Å². The van der Waals surface area contributed by atoms with E-state index in [1.165, 1.54) is 17.0 Å². The second-order valence-electron chi connectivity index (χ2n) is 10.7. The van der Waals surface area contributed by atoms with Crippen LogP contribution in [-0.2, 0) is 26.2 Å². The molecular weight excluding hydrogens is 689 g/mol. The van der Waals surface area contributed by atoms with Crippen molar-refractivity contribution in [3.8, 4) is 5.75 Å². The maximum atomic E-state index is 14.2. The van der Waals surface area contributed by atoms with Crippen LogP contribution < -0.4 is 14.4 Å².